The molecular formula is C12H15NO3. The summed E-state index contributed by atoms with van der Waals surface area (Å²) in [5, 5.41) is 0. The summed E-state index contributed by atoms with van der Waals surface area (Å²) in [7, 11) is 0. The molecule has 1 aromatic carbocycles. The van der Waals surface area contributed by atoms with Gasteiger partial charge in [-0.25, -0.2) is 0 Å². The van der Waals surface area contributed by atoms with E-state index in [2.05, 4.69) is 0 Å². The van der Waals surface area contributed by atoms with Gasteiger partial charge in [-0.1, -0.05) is 0 Å². The molecule has 0 spiro atoms. The average molecular weight is 221 g/mol. The molecule has 0 aliphatic carbocycles. The lowest BCUT2D eigenvalue weighted by atomic mass is 9.99. The van der Waals surface area contributed by atoms with Crippen LogP contribution in [0.15, 0.2) is 6.07 Å². The largest absolute Gasteiger partial charge is 0.453 e. The minimum atomic E-state index is 0.00681. The second kappa shape index (κ2) is 4.14. The van der Waals surface area contributed by atoms with Crippen LogP contribution < -0.4 is 15.2 Å². The van der Waals surface area contributed by atoms with Gasteiger partial charge >= 0.3 is 0 Å². The van der Waals surface area contributed by atoms with Gasteiger partial charge in [-0.15, -0.1) is 0 Å². The van der Waals surface area contributed by atoms with Crippen molar-refractivity contribution < 1.29 is 14.3 Å². The van der Waals surface area contributed by atoms with Gasteiger partial charge in [0.05, 0.1) is 5.56 Å². The van der Waals surface area contributed by atoms with Crippen LogP contribution in [-0.2, 0) is 0 Å². The van der Waals surface area contributed by atoms with E-state index in [1.807, 2.05) is 19.9 Å². The molecule has 1 aromatic rings. The van der Waals surface area contributed by atoms with Crippen LogP contribution in [0.2, 0.25) is 0 Å². The molecule has 0 saturated carbocycles. The van der Waals surface area contributed by atoms with Crippen molar-refractivity contribution in [2.24, 2.45) is 5.73 Å². The normalized spacial score (nSPS) is 12.9. The Bertz CT molecular complexity index is 440. The molecule has 2 N–H and O–H groups in total. The molecule has 0 unspecified atom stereocenters. The molecule has 86 valence electrons. The van der Waals surface area contributed by atoms with Gasteiger partial charge in [0.2, 0.25) is 6.79 Å². The van der Waals surface area contributed by atoms with E-state index in [0.717, 1.165) is 11.1 Å². The second-order valence-electron chi connectivity index (χ2n) is 3.89. The molecule has 1 aliphatic rings. The number of nitrogens with two attached hydrogens (primary N) is 1. The lowest BCUT2D eigenvalue weighted by Gasteiger charge is -2.09. The van der Waals surface area contributed by atoms with Gasteiger partial charge in [-0.2, -0.15) is 0 Å². The first-order chi connectivity index (χ1) is 7.65. The molecule has 0 amide bonds. The minimum Gasteiger partial charge on any atom is -0.453 e. The van der Waals surface area contributed by atoms with Crippen molar-refractivity contribution in [2.45, 2.75) is 20.3 Å². The quantitative estimate of drug-likeness (QED) is 0.787. The van der Waals surface area contributed by atoms with E-state index in [1.165, 1.54) is 0 Å². The van der Waals surface area contributed by atoms with E-state index < -0.39 is 0 Å². The first-order valence-electron chi connectivity index (χ1n) is 5.28. The Labute approximate surface area is 94.3 Å². The Kier molecular flexibility index (Phi) is 2.83. The van der Waals surface area contributed by atoms with Crippen LogP contribution in [0.25, 0.3) is 0 Å². The zero-order valence-corrected chi connectivity index (χ0v) is 9.50. The van der Waals surface area contributed by atoms with Gasteiger partial charge in [0.1, 0.15) is 0 Å². The molecule has 0 bridgehead atoms. The lowest BCUT2D eigenvalue weighted by Crippen LogP contribution is -2.09. The first kappa shape index (κ1) is 11.0. The van der Waals surface area contributed by atoms with Crippen LogP contribution in [0.5, 0.6) is 11.5 Å². The molecule has 16 heavy (non-hydrogen) atoms. The summed E-state index contributed by atoms with van der Waals surface area (Å²) in [4.78, 5) is 11.9. The van der Waals surface area contributed by atoms with E-state index in [0.29, 0.717) is 30.0 Å². The lowest BCUT2D eigenvalue weighted by molar-refractivity contribution is 0.0980. The highest BCUT2D eigenvalue weighted by molar-refractivity contribution is 6.00. The fraction of sp³-hybridized carbons (Fsp3) is 0.417. The summed E-state index contributed by atoms with van der Waals surface area (Å²) in [6.07, 6.45) is 0.332. The predicted octanol–water partition coefficient (Wildman–Crippen LogP) is 1.56. The van der Waals surface area contributed by atoms with E-state index in [-0.39, 0.29) is 12.6 Å². The molecule has 2 rings (SSSR count). The van der Waals surface area contributed by atoms with Crippen molar-refractivity contribution in [3.05, 3.63) is 22.8 Å². The number of hydrogen-bond acceptors (Lipinski definition) is 4. The maximum Gasteiger partial charge on any atom is 0.231 e. The SMILES string of the molecule is Cc1cc(C(=O)CCN)c2c(c1C)OCO2. The summed E-state index contributed by atoms with van der Waals surface area (Å²) in [6.45, 7) is 4.44. The Balaban J connectivity index is 2.51. The van der Waals surface area contributed by atoms with Crippen molar-refractivity contribution in [1.82, 2.24) is 0 Å². The Morgan fingerprint density at radius 1 is 1.38 bits per heavy atom. The molecule has 1 aliphatic heterocycles. The fourth-order valence-corrected chi connectivity index (χ4v) is 1.80. The van der Waals surface area contributed by atoms with Crippen molar-refractivity contribution in [1.29, 1.82) is 0 Å². The number of Topliss-reactive ketones (excluding diaryl/α,β-unsaturated/α-hetero) is 1. The van der Waals surface area contributed by atoms with Gasteiger partial charge in [-0.05, 0) is 37.6 Å². The number of benzene rings is 1. The molecule has 0 aromatic heterocycles. The summed E-state index contributed by atoms with van der Waals surface area (Å²) in [5.74, 6) is 1.27. The maximum atomic E-state index is 11.9. The highest BCUT2D eigenvalue weighted by Crippen LogP contribution is 2.40. The molecule has 0 radical (unpaired) electrons. The van der Waals surface area contributed by atoms with Crippen LogP contribution >= 0.6 is 0 Å². The second-order valence-corrected chi connectivity index (χ2v) is 3.89. The zero-order valence-electron chi connectivity index (χ0n) is 9.50. The van der Waals surface area contributed by atoms with E-state index in [4.69, 9.17) is 15.2 Å². The topological polar surface area (TPSA) is 61.6 Å². The molecule has 4 nitrogen and oxygen atoms in total. The van der Waals surface area contributed by atoms with Crippen LogP contribution in [0, 0.1) is 13.8 Å². The molecule has 0 atom stereocenters. The summed E-state index contributed by atoms with van der Waals surface area (Å²) < 4.78 is 10.7. The van der Waals surface area contributed by atoms with Crippen LogP contribution in [0.3, 0.4) is 0 Å². The van der Waals surface area contributed by atoms with E-state index in [9.17, 15) is 4.79 Å². The van der Waals surface area contributed by atoms with Crippen molar-refractivity contribution in [3.63, 3.8) is 0 Å². The van der Waals surface area contributed by atoms with Gasteiger partial charge in [-0.3, -0.25) is 4.79 Å². The summed E-state index contributed by atoms with van der Waals surface area (Å²) in [5.41, 5.74) is 8.03. The third-order valence-electron chi connectivity index (χ3n) is 2.82. The highest BCUT2D eigenvalue weighted by atomic mass is 16.7. The smallest absolute Gasteiger partial charge is 0.231 e. The Morgan fingerprint density at radius 2 is 2.06 bits per heavy atom. The van der Waals surface area contributed by atoms with Gasteiger partial charge in [0.25, 0.3) is 0 Å². The third kappa shape index (κ3) is 1.65. The number of fused-ring (bicyclic) bond motifs is 1. The maximum absolute atomic E-state index is 11.9. The third-order valence-corrected chi connectivity index (χ3v) is 2.82. The summed E-state index contributed by atoms with van der Waals surface area (Å²) >= 11 is 0. The predicted molar refractivity (Wildman–Crippen MR) is 60.0 cm³/mol. The number of hydrogen-bond donors (Lipinski definition) is 1. The number of ketones is 1. The number of carbonyl (C=O) groups excluding carboxylic acids is 1. The first-order valence-corrected chi connectivity index (χ1v) is 5.28. The molecule has 4 heteroatoms. The van der Waals surface area contributed by atoms with Crippen molar-refractivity contribution >= 4 is 5.78 Å². The average Bonchev–Trinajstić information content (AvgIpc) is 2.72. The number of aryl methyl sites for hydroxylation is 1. The highest BCUT2D eigenvalue weighted by Gasteiger charge is 2.24. The van der Waals surface area contributed by atoms with E-state index >= 15 is 0 Å². The Hall–Kier alpha value is -1.55. The monoisotopic (exact) mass is 221 g/mol. The fourth-order valence-electron chi connectivity index (χ4n) is 1.80. The standard InChI is InChI=1S/C12H15NO3/c1-7-5-9(10(14)3-4-13)12-11(8(7)2)15-6-16-12/h5H,3-4,6,13H2,1-2H3. The number of ether oxygens (including phenoxy) is 2. The molecule has 1 heterocycles. The van der Waals surface area contributed by atoms with Gasteiger partial charge < -0.3 is 15.2 Å². The van der Waals surface area contributed by atoms with Crippen molar-refractivity contribution in [2.75, 3.05) is 13.3 Å². The molecule has 0 saturated heterocycles. The van der Waals surface area contributed by atoms with Crippen LogP contribution in [0.4, 0.5) is 0 Å². The molecule has 0 fully saturated rings. The number of rotatable bonds is 3. The van der Waals surface area contributed by atoms with Crippen molar-refractivity contribution in [3.8, 4) is 11.5 Å². The van der Waals surface area contributed by atoms with Crippen LogP contribution in [-0.4, -0.2) is 19.1 Å². The van der Waals surface area contributed by atoms with E-state index in [1.54, 1.807) is 0 Å². The number of carbonyl (C=O) groups is 1. The Morgan fingerprint density at radius 3 is 2.75 bits per heavy atom. The zero-order chi connectivity index (χ0) is 11.7. The van der Waals surface area contributed by atoms with Crippen LogP contribution in [0.1, 0.15) is 27.9 Å². The van der Waals surface area contributed by atoms with Gasteiger partial charge in [0.15, 0.2) is 17.3 Å². The minimum absolute atomic E-state index is 0.00681. The molecular weight excluding hydrogens is 206 g/mol. The van der Waals surface area contributed by atoms with Gasteiger partial charge in [0, 0.05) is 6.42 Å². The summed E-state index contributed by atoms with van der Waals surface area (Å²) in [6, 6.07) is 1.85.